The number of aromatic nitrogens is 2. The van der Waals surface area contributed by atoms with Crippen LogP contribution in [0.15, 0.2) is 59.0 Å². The van der Waals surface area contributed by atoms with Crippen LogP contribution in [-0.4, -0.2) is 28.1 Å². The summed E-state index contributed by atoms with van der Waals surface area (Å²) in [5.74, 6) is -0.0549. The van der Waals surface area contributed by atoms with Crippen LogP contribution < -0.4 is 0 Å². The largest absolute Gasteiger partial charge is 0.419 e. The van der Waals surface area contributed by atoms with Gasteiger partial charge in [-0.1, -0.05) is 24.3 Å². The van der Waals surface area contributed by atoms with E-state index < -0.39 is 5.82 Å². The van der Waals surface area contributed by atoms with Crippen molar-refractivity contribution < 1.29 is 13.6 Å². The molecule has 0 fully saturated rings. The third-order valence-corrected chi connectivity index (χ3v) is 3.28. The van der Waals surface area contributed by atoms with Crippen molar-refractivity contribution in [1.29, 1.82) is 0 Å². The first-order chi connectivity index (χ1) is 11.1. The Hall–Kier alpha value is -3.02. The fourth-order valence-corrected chi connectivity index (χ4v) is 2.13. The number of amides is 1. The number of rotatable bonds is 4. The Balaban J connectivity index is 1.72. The summed E-state index contributed by atoms with van der Waals surface area (Å²) in [6, 6.07) is 14.9. The molecular formula is C17H14FN3O2. The standard InChI is InChI=1S/C17H14FN3O2/c1-21(17(22)13-8-5-9-14(18)10-13)11-15-19-20-16(23-15)12-6-3-2-4-7-12/h2-10H,11H2,1H3. The van der Waals surface area contributed by atoms with Crippen molar-refractivity contribution in [2.45, 2.75) is 6.54 Å². The molecule has 6 heteroatoms. The summed E-state index contributed by atoms with van der Waals surface area (Å²) in [5, 5.41) is 7.91. The number of hydrogen-bond donors (Lipinski definition) is 0. The summed E-state index contributed by atoms with van der Waals surface area (Å²) >= 11 is 0. The third kappa shape index (κ3) is 3.42. The molecule has 1 amide bonds. The molecule has 0 saturated heterocycles. The topological polar surface area (TPSA) is 59.2 Å². The number of nitrogens with zero attached hydrogens (tertiary/aromatic N) is 3. The van der Waals surface area contributed by atoms with Crippen molar-refractivity contribution in [2.75, 3.05) is 7.05 Å². The maximum absolute atomic E-state index is 13.2. The van der Waals surface area contributed by atoms with Gasteiger partial charge in [-0.15, -0.1) is 10.2 Å². The third-order valence-electron chi connectivity index (χ3n) is 3.28. The van der Waals surface area contributed by atoms with Crippen molar-refractivity contribution in [3.63, 3.8) is 0 Å². The van der Waals surface area contributed by atoms with Gasteiger partial charge in [-0.25, -0.2) is 4.39 Å². The molecule has 0 bridgehead atoms. The molecule has 5 nitrogen and oxygen atoms in total. The van der Waals surface area contributed by atoms with E-state index in [-0.39, 0.29) is 18.0 Å². The van der Waals surface area contributed by atoms with E-state index in [1.165, 1.54) is 23.1 Å². The fourth-order valence-electron chi connectivity index (χ4n) is 2.13. The molecule has 2 aromatic carbocycles. The predicted octanol–water partition coefficient (Wildman–Crippen LogP) is 3.15. The van der Waals surface area contributed by atoms with E-state index in [0.717, 1.165) is 5.56 Å². The minimum Gasteiger partial charge on any atom is -0.419 e. The maximum atomic E-state index is 13.2. The molecule has 3 aromatic rings. The van der Waals surface area contributed by atoms with Crippen LogP contribution in [0.2, 0.25) is 0 Å². The van der Waals surface area contributed by atoms with E-state index in [1.54, 1.807) is 13.1 Å². The second-order valence-corrected chi connectivity index (χ2v) is 5.04. The average molecular weight is 311 g/mol. The summed E-state index contributed by atoms with van der Waals surface area (Å²) in [6.45, 7) is 0.148. The zero-order valence-corrected chi connectivity index (χ0v) is 12.4. The van der Waals surface area contributed by atoms with Crippen LogP contribution in [0.3, 0.4) is 0 Å². The minimum absolute atomic E-state index is 0.148. The lowest BCUT2D eigenvalue weighted by Crippen LogP contribution is -2.26. The van der Waals surface area contributed by atoms with Crippen LogP contribution in [-0.2, 0) is 6.54 Å². The van der Waals surface area contributed by atoms with E-state index in [0.29, 0.717) is 11.8 Å². The van der Waals surface area contributed by atoms with Gasteiger partial charge in [0.05, 0.1) is 6.54 Å². The van der Waals surface area contributed by atoms with Crippen molar-refractivity contribution in [2.24, 2.45) is 0 Å². The fraction of sp³-hybridized carbons (Fsp3) is 0.118. The molecule has 0 aliphatic rings. The van der Waals surface area contributed by atoms with Crippen LogP contribution in [0.5, 0.6) is 0 Å². The second kappa shape index (κ2) is 6.39. The van der Waals surface area contributed by atoms with E-state index in [4.69, 9.17) is 4.42 Å². The van der Waals surface area contributed by atoms with Gasteiger partial charge >= 0.3 is 0 Å². The number of benzene rings is 2. The molecule has 0 aliphatic heterocycles. The molecule has 0 spiro atoms. The average Bonchev–Trinajstić information content (AvgIpc) is 3.03. The summed E-state index contributed by atoms with van der Waals surface area (Å²) in [6.07, 6.45) is 0. The SMILES string of the molecule is CN(Cc1nnc(-c2ccccc2)o1)C(=O)c1cccc(F)c1. The van der Waals surface area contributed by atoms with Gasteiger partial charge in [-0.3, -0.25) is 4.79 Å². The van der Waals surface area contributed by atoms with Crippen LogP contribution in [0, 0.1) is 5.82 Å². The lowest BCUT2D eigenvalue weighted by molar-refractivity contribution is 0.0772. The molecule has 3 rings (SSSR count). The van der Waals surface area contributed by atoms with E-state index in [9.17, 15) is 9.18 Å². The van der Waals surface area contributed by atoms with E-state index in [2.05, 4.69) is 10.2 Å². The first kappa shape index (κ1) is 14.9. The minimum atomic E-state index is -0.451. The molecule has 0 N–H and O–H groups in total. The first-order valence-electron chi connectivity index (χ1n) is 7.02. The molecule has 0 saturated carbocycles. The van der Waals surface area contributed by atoms with Gasteiger partial charge in [0.15, 0.2) is 0 Å². The first-order valence-corrected chi connectivity index (χ1v) is 7.02. The van der Waals surface area contributed by atoms with Crippen LogP contribution >= 0.6 is 0 Å². The Bertz CT molecular complexity index is 817. The van der Waals surface area contributed by atoms with Crippen molar-refractivity contribution in [3.8, 4) is 11.5 Å². The molecule has 23 heavy (non-hydrogen) atoms. The quantitative estimate of drug-likeness (QED) is 0.742. The predicted molar refractivity (Wildman–Crippen MR) is 81.9 cm³/mol. The zero-order valence-electron chi connectivity index (χ0n) is 12.4. The summed E-state index contributed by atoms with van der Waals surface area (Å²) in [5.41, 5.74) is 1.08. The lowest BCUT2D eigenvalue weighted by Gasteiger charge is -2.14. The van der Waals surface area contributed by atoms with Crippen LogP contribution in [0.4, 0.5) is 4.39 Å². The van der Waals surface area contributed by atoms with E-state index in [1.807, 2.05) is 30.3 Å². The highest BCUT2D eigenvalue weighted by Crippen LogP contribution is 2.18. The summed E-state index contributed by atoms with van der Waals surface area (Å²) in [4.78, 5) is 13.6. The maximum Gasteiger partial charge on any atom is 0.254 e. The second-order valence-electron chi connectivity index (χ2n) is 5.04. The van der Waals surface area contributed by atoms with Crippen LogP contribution in [0.25, 0.3) is 11.5 Å². The number of hydrogen-bond acceptors (Lipinski definition) is 4. The smallest absolute Gasteiger partial charge is 0.254 e. The molecule has 0 aliphatic carbocycles. The number of carbonyl (C=O) groups is 1. The normalized spacial score (nSPS) is 10.5. The molecule has 1 heterocycles. The Kier molecular flexibility index (Phi) is 4.14. The van der Waals surface area contributed by atoms with Gasteiger partial charge in [0, 0.05) is 18.2 Å². The summed E-state index contributed by atoms with van der Waals surface area (Å²) in [7, 11) is 1.60. The monoisotopic (exact) mass is 311 g/mol. The summed E-state index contributed by atoms with van der Waals surface area (Å²) < 4.78 is 18.8. The molecule has 0 radical (unpaired) electrons. The zero-order chi connectivity index (χ0) is 16.2. The molecular weight excluding hydrogens is 297 g/mol. The lowest BCUT2D eigenvalue weighted by atomic mass is 10.2. The Labute approximate surface area is 132 Å². The Morgan fingerprint density at radius 2 is 1.91 bits per heavy atom. The van der Waals surface area contributed by atoms with Crippen molar-refractivity contribution in [1.82, 2.24) is 15.1 Å². The molecule has 0 unspecified atom stereocenters. The van der Waals surface area contributed by atoms with Crippen molar-refractivity contribution in [3.05, 3.63) is 71.9 Å². The van der Waals surface area contributed by atoms with Gasteiger partial charge in [-0.05, 0) is 30.3 Å². The Morgan fingerprint density at radius 1 is 1.13 bits per heavy atom. The van der Waals surface area contributed by atoms with Gasteiger partial charge < -0.3 is 9.32 Å². The highest BCUT2D eigenvalue weighted by atomic mass is 19.1. The number of carbonyl (C=O) groups excluding carboxylic acids is 1. The molecule has 1 aromatic heterocycles. The number of halogens is 1. The highest BCUT2D eigenvalue weighted by molar-refractivity contribution is 5.93. The molecule has 116 valence electrons. The van der Waals surface area contributed by atoms with Gasteiger partial charge in [0.25, 0.3) is 5.91 Å². The molecule has 0 atom stereocenters. The van der Waals surface area contributed by atoms with Gasteiger partial charge in [0.1, 0.15) is 5.82 Å². The van der Waals surface area contributed by atoms with Gasteiger partial charge in [-0.2, -0.15) is 0 Å². The Morgan fingerprint density at radius 3 is 2.65 bits per heavy atom. The van der Waals surface area contributed by atoms with Crippen molar-refractivity contribution >= 4 is 5.91 Å². The van der Waals surface area contributed by atoms with Gasteiger partial charge in [0.2, 0.25) is 11.8 Å². The van der Waals surface area contributed by atoms with E-state index >= 15 is 0 Å². The van der Waals surface area contributed by atoms with Crippen LogP contribution in [0.1, 0.15) is 16.2 Å². The highest BCUT2D eigenvalue weighted by Gasteiger charge is 2.16.